The molecule has 1 aromatic rings. The van der Waals surface area contributed by atoms with E-state index in [9.17, 15) is 4.79 Å². The number of nitrogens with one attached hydrogen (secondary N) is 2. The molecule has 0 spiro atoms. The Balaban J connectivity index is 1.80. The summed E-state index contributed by atoms with van der Waals surface area (Å²) >= 11 is 1.60. The Morgan fingerprint density at radius 3 is 3.06 bits per heavy atom. The highest BCUT2D eigenvalue weighted by Gasteiger charge is 2.14. The Morgan fingerprint density at radius 1 is 1.53 bits per heavy atom. The summed E-state index contributed by atoms with van der Waals surface area (Å²) < 4.78 is 0. The zero-order chi connectivity index (χ0) is 12.1. The maximum absolute atomic E-state index is 11.9. The molecule has 17 heavy (non-hydrogen) atoms. The molecule has 94 valence electrons. The topological polar surface area (TPSA) is 41.1 Å². The van der Waals surface area contributed by atoms with E-state index in [-0.39, 0.29) is 5.91 Å². The fourth-order valence-electron chi connectivity index (χ4n) is 2.09. The smallest absolute Gasteiger partial charge is 0.261 e. The van der Waals surface area contributed by atoms with Crippen LogP contribution in [0.4, 0.5) is 0 Å². The van der Waals surface area contributed by atoms with Crippen LogP contribution in [0.25, 0.3) is 0 Å². The molecule has 0 aromatic carbocycles. The standard InChI is InChI=1S/C13H20N2OS/c1-2-11-6-7-12(17-11)13(16)15-9-10-5-3-4-8-14-10/h6-7,10,14H,2-5,8-9H2,1H3,(H,15,16). The number of hydrogen-bond donors (Lipinski definition) is 2. The minimum atomic E-state index is 0.0714. The predicted octanol–water partition coefficient (Wildman–Crippen LogP) is 2.18. The van der Waals surface area contributed by atoms with E-state index in [0.717, 1.165) is 24.4 Å². The number of carbonyl (C=O) groups excluding carboxylic acids is 1. The third-order valence-corrected chi connectivity index (χ3v) is 4.38. The molecule has 2 heterocycles. The molecule has 1 atom stereocenters. The van der Waals surface area contributed by atoms with Crippen molar-refractivity contribution < 1.29 is 4.79 Å². The van der Waals surface area contributed by atoms with Gasteiger partial charge in [-0.05, 0) is 37.9 Å². The van der Waals surface area contributed by atoms with E-state index in [1.54, 1.807) is 11.3 Å². The summed E-state index contributed by atoms with van der Waals surface area (Å²) in [7, 11) is 0. The molecule has 1 fully saturated rings. The first-order chi connectivity index (χ1) is 8.29. The number of carbonyl (C=O) groups is 1. The Bertz CT molecular complexity index is 369. The van der Waals surface area contributed by atoms with Crippen molar-refractivity contribution in [2.45, 2.75) is 38.6 Å². The van der Waals surface area contributed by atoms with E-state index in [2.05, 4.69) is 17.6 Å². The number of piperidine rings is 1. The molecule has 3 nitrogen and oxygen atoms in total. The molecule has 1 saturated heterocycles. The van der Waals surface area contributed by atoms with Crippen LogP contribution in [0.2, 0.25) is 0 Å². The van der Waals surface area contributed by atoms with Crippen molar-refractivity contribution in [3.05, 3.63) is 21.9 Å². The molecule has 0 aliphatic carbocycles. The molecule has 4 heteroatoms. The van der Waals surface area contributed by atoms with Crippen molar-refractivity contribution in [3.8, 4) is 0 Å². The maximum atomic E-state index is 11.9. The summed E-state index contributed by atoms with van der Waals surface area (Å²) in [6, 6.07) is 4.42. The Kier molecular flexibility index (Phi) is 4.57. The minimum Gasteiger partial charge on any atom is -0.350 e. The molecule has 2 rings (SSSR count). The van der Waals surface area contributed by atoms with Gasteiger partial charge < -0.3 is 10.6 Å². The third-order valence-electron chi connectivity index (χ3n) is 3.16. The van der Waals surface area contributed by atoms with E-state index in [1.807, 2.05) is 12.1 Å². The van der Waals surface area contributed by atoms with E-state index >= 15 is 0 Å². The molecule has 1 aliphatic rings. The van der Waals surface area contributed by atoms with Crippen LogP contribution in [0.3, 0.4) is 0 Å². The highest BCUT2D eigenvalue weighted by Crippen LogP contribution is 2.16. The van der Waals surface area contributed by atoms with Crippen molar-refractivity contribution in [1.82, 2.24) is 10.6 Å². The van der Waals surface area contributed by atoms with Crippen LogP contribution in [-0.2, 0) is 6.42 Å². The molecule has 2 N–H and O–H groups in total. The fraction of sp³-hybridized carbons (Fsp3) is 0.615. The van der Waals surface area contributed by atoms with Crippen molar-refractivity contribution in [2.24, 2.45) is 0 Å². The highest BCUT2D eigenvalue weighted by molar-refractivity contribution is 7.14. The fourth-order valence-corrected chi connectivity index (χ4v) is 2.96. The molecule has 1 aromatic heterocycles. The van der Waals surface area contributed by atoms with E-state index < -0.39 is 0 Å². The molecule has 1 amide bonds. The second-order valence-corrected chi connectivity index (χ2v) is 5.64. The van der Waals surface area contributed by atoms with Gasteiger partial charge in [-0.2, -0.15) is 0 Å². The van der Waals surface area contributed by atoms with E-state index in [1.165, 1.54) is 24.1 Å². The van der Waals surface area contributed by atoms with Gasteiger partial charge in [-0.25, -0.2) is 0 Å². The quantitative estimate of drug-likeness (QED) is 0.862. The number of amides is 1. The maximum Gasteiger partial charge on any atom is 0.261 e. The number of rotatable bonds is 4. The number of thiophene rings is 1. The Hall–Kier alpha value is -0.870. The normalized spacial score (nSPS) is 20.2. The summed E-state index contributed by atoms with van der Waals surface area (Å²) in [6.45, 7) is 3.94. The van der Waals surface area contributed by atoms with Gasteiger partial charge in [-0.1, -0.05) is 13.3 Å². The first kappa shape index (κ1) is 12.6. The van der Waals surface area contributed by atoms with Gasteiger partial charge in [0.15, 0.2) is 0 Å². The average molecular weight is 252 g/mol. The van der Waals surface area contributed by atoms with Crippen LogP contribution < -0.4 is 10.6 Å². The number of hydrogen-bond acceptors (Lipinski definition) is 3. The zero-order valence-electron chi connectivity index (χ0n) is 10.3. The van der Waals surface area contributed by atoms with Gasteiger partial charge in [0.2, 0.25) is 0 Å². The Labute approximate surface area is 107 Å². The van der Waals surface area contributed by atoms with Crippen molar-refractivity contribution >= 4 is 17.2 Å². The van der Waals surface area contributed by atoms with Crippen LogP contribution in [0, 0.1) is 0 Å². The van der Waals surface area contributed by atoms with Gasteiger partial charge in [-0.3, -0.25) is 4.79 Å². The van der Waals surface area contributed by atoms with Crippen LogP contribution in [-0.4, -0.2) is 25.0 Å². The summed E-state index contributed by atoms with van der Waals surface area (Å²) in [4.78, 5) is 14.0. The first-order valence-corrected chi connectivity index (χ1v) is 7.21. The summed E-state index contributed by atoms with van der Waals surface area (Å²) in [6.07, 6.45) is 4.70. The molecule has 1 unspecified atom stereocenters. The van der Waals surface area contributed by atoms with Crippen LogP contribution in [0.5, 0.6) is 0 Å². The molecular formula is C13H20N2OS. The molecular weight excluding hydrogens is 232 g/mol. The van der Waals surface area contributed by atoms with Crippen molar-refractivity contribution in [1.29, 1.82) is 0 Å². The van der Waals surface area contributed by atoms with Gasteiger partial charge in [0.25, 0.3) is 5.91 Å². The summed E-state index contributed by atoms with van der Waals surface area (Å²) in [5, 5.41) is 6.45. The molecule has 0 saturated carbocycles. The lowest BCUT2D eigenvalue weighted by molar-refractivity contribution is 0.0952. The van der Waals surface area contributed by atoms with Crippen LogP contribution in [0.1, 0.15) is 40.7 Å². The van der Waals surface area contributed by atoms with Crippen LogP contribution >= 0.6 is 11.3 Å². The Morgan fingerprint density at radius 2 is 2.41 bits per heavy atom. The minimum absolute atomic E-state index is 0.0714. The van der Waals surface area contributed by atoms with Gasteiger partial charge in [0.1, 0.15) is 0 Å². The second kappa shape index (κ2) is 6.17. The van der Waals surface area contributed by atoms with Crippen molar-refractivity contribution in [3.63, 3.8) is 0 Å². The SMILES string of the molecule is CCc1ccc(C(=O)NCC2CCCCN2)s1. The second-order valence-electron chi connectivity index (χ2n) is 4.48. The monoisotopic (exact) mass is 252 g/mol. The highest BCUT2D eigenvalue weighted by atomic mass is 32.1. The number of aryl methyl sites for hydroxylation is 1. The summed E-state index contributed by atoms with van der Waals surface area (Å²) in [5.74, 6) is 0.0714. The van der Waals surface area contributed by atoms with Gasteiger partial charge >= 0.3 is 0 Å². The zero-order valence-corrected chi connectivity index (χ0v) is 11.1. The molecule has 1 aliphatic heterocycles. The van der Waals surface area contributed by atoms with Gasteiger partial charge in [0.05, 0.1) is 4.88 Å². The van der Waals surface area contributed by atoms with E-state index in [4.69, 9.17) is 0 Å². The van der Waals surface area contributed by atoms with Crippen LogP contribution in [0.15, 0.2) is 12.1 Å². The average Bonchev–Trinajstić information content (AvgIpc) is 2.86. The molecule has 0 radical (unpaired) electrons. The lowest BCUT2D eigenvalue weighted by atomic mass is 10.1. The predicted molar refractivity (Wildman–Crippen MR) is 71.7 cm³/mol. The van der Waals surface area contributed by atoms with Gasteiger partial charge in [0, 0.05) is 17.5 Å². The first-order valence-electron chi connectivity index (χ1n) is 6.40. The van der Waals surface area contributed by atoms with Gasteiger partial charge in [-0.15, -0.1) is 11.3 Å². The van der Waals surface area contributed by atoms with E-state index in [0.29, 0.717) is 6.04 Å². The third kappa shape index (κ3) is 3.54. The largest absolute Gasteiger partial charge is 0.350 e. The van der Waals surface area contributed by atoms with Crippen molar-refractivity contribution in [2.75, 3.05) is 13.1 Å². The lowest BCUT2D eigenvalue weighted by Gasteiger charge is -2.23. The summed E-state index contributed by atoms with van der Waals surface area (Å²) in [5.41, 5.74) is 0. The molecule has 0 bridgehead atoms. The lowest BCUT2D eigenvalue weighted by Crippen LogP contribution is -2.43.